The monoisotopic (exact) mass is 543 g/mol. The fourth-order valence-electron chi connectivity index (χ4n) is 5.17. The van der Waals surface area contributed by atoms with E-state index in [0.29, 0.717) is 38.9 Å². The molecule has 12 heteroatoms. The van der Waals surface area contributed by atoms with Gasteiger partial charge in [-0.1, -0.05) is 29.4 Å². The van der Waals surface area contributed by atoms with E-state index in [0.717, 1.165) is 5.56 Å². The molecule has 5 rings (SSSR count). The van der Waals surface area contributed by atoms with Gasteiger partial charge in [0.2, 0.25) is 11.7 Å². The Balaban J connectivity index is 1.39. The molecule has 2 saturated heterocycles. The summed E-state index contributed by atoms with van der Waals surface area (Å²) in [7, 11) is 0. The Morgan fingerprint density at radius 3 is 2.38 bits per heavy atom. The molecule has 204 valence electrons. The first-order valence-electron chi connectivity index (χ1n) is 12.6. The molecular formula is C27H25F4N5O3. The first kappa shape index (κ1) is 26.5. The third-order valence-corrected chi connectivity index (χ3v) is 7.16. The molecule has 0 radical (unpaired) electrons. The average molecular weight is 544 g/mol. The number of rotatable bonds is 4. The molecule has 0 bridgehead atoms. The lowest BCUT2D eigenvalue weighted by atomic mass is 9.84. The SMILES string of the molecule is N#CC1CCN(C(=O)N2CC(c3ccc(OC(F)(F)F)cc3)CC(c3nc(-c4ccccc4F)no3)C2)CC1. The number of benzene rings is 2. The van der Waals surface area contributed by atoms with Crippen LogP contribution >= 0.6 is 0 Å². The molecule has 8 nitrogen and oxygen atoms in total. The van der Waals surface area contributed by atoms with Crippen molar-refractivity contribution >= 4 is 6.03 Å². The molecule has 2 aliphatic heterocycles. The number of amides is 2. The summed E-state index contributed by atoms with van der Waals surface area (Å²) in [5.74, 6) is -1.20. The molecule has 0 saturated carbocycles. The Hall–Kier alpha value is -4.14. The molecule has 1 aromatic heterocycles. The second kappa shape index (κ2) is 10.9. The fourth-order valence-corrected chi connectivity index (χ4v) is 5.17. The number of nitriles is 1. The second-order valence-electron chi connectivity index (χ2n) is 9.76. The van der Waals surface area contributed by atoms with E-state index in [4.69, 9.17) is 4.52 Å². The van der Waals surface area contributed by atoms with Crippen LogP contribution in [-0.2, 0) is 0 Å². The Labute approximate surface area is 221 Å². The van der Waals surface area contributed by atoms with E-state index in [1.807, 2.05) is 0 Å². The van der Waals surface area contributed by atoms with Crippen LogP contribution in [0.15, 0.2) is 53.1 Å². The van der Waals surface area contributed by atoms with Crippen LogP contribution < -0.4 is 4.74 Å². The fraction of sp³-hybridized carbons (Fsp3) is 0.407. The van der Waals surface area contributed by atoms with Gasteiger partial charge in [-0.3, -0.25) is 0 Å². The van der Waals surface area contributed by atoms with Gasteiger partial charge in [0.05, 0.1) is 17.6 Å². The predicted octanol–water partition coefficient (Wildman–Crippen LogP) is 5.70. The molecule has 2 fully saturated rings. The van der Waals surface area contributed by atoms with Crippen LogP contribution in [0, 0.1) is 23.1 Å². The Bertz CT molecular complexity index is 1350. The first-order chi connectivity index (χ1) is 18.7. The Morgan fingerprint density at radius 1 is 1.03 bits per heavy atom. The molecular weight excluding hydrogens is 518 g/mol. The minimum absolute atomic E-state index is 0.0801. The van der Waals surface area contributed by atoms with Crippen LogP contribution in [0.2, 0.25) is 0 Å². The van der Waals surface area contributed by atoms with Crippen LogP contribution in [0.1, 0.15) is 42.6 Å². The van der Waals surface area contributed by atoms with Crippen LogP contribution in [-0.4, -0.2) is 58.5 Å². The van der Waals surface area contributed by atoms with E-state index in [-0.39, 0.29) is 53.4 Å². The molecule has 3 heterocycles. The van der Waals surface area contributed by atoms with E-state index in [1.165, 1.54) is 18.2 Å². The van der Waals surface area contributed by atoms with Crippen LogP contribution in [0.5, 0.6) is 5.75 Å². The largest absolute Gasteiger partial charge is 0.573 e. The summed E-state index contributed by atoms with van der Waals surface area (Å²) in [6, 6.07) is 13.7. The van der Waals surface area contributed by atoms with Crippen LogP contribution in [0.3, 0.4) is 0 Å². The van der Waals surface area contributed by atoms with E-state index in [2.05, 4.69) is 20.9 Å². The summed E-state index contributed by atoms with van der Waals surface area (Å²) >= 11 is 0. The molecule has 0 spiro atoms. The highest BCUT2D eigenvalue weighted by atomic mass is 19.4. The maximum atomic E-state index is 14.3. The number of aromatic nitrogens is 2. The third kappa shape index (κ3) is 6.13. The summed E-state index contributed by atoms with van der Waals surface area (Å²) < 4.78 is 61.6. The summed E-state index contributed by atoms with van der Waals surface area (Å²) in [6.07, 6.45) is -3.12. The number of halogens is 4. The van der Waals surface area contributed by atoms with Gasteiger partial charge in [0.25, 0.3) is 0 Å². The number of carbonyl (C=O) groups is 1. The number of carbonyl (C=O) groups excluding carboxylic acids is 1. The average Bonchev–Trinajstić information content (AvgIpc) is 3.42. The van der Waals surface area contributed by atoms with Gasteiger partial charge in [0.1, 0.15) is 11.6 Å². The van der Waals surface area contributed by atoms with Gasteiger partial charge in [0, 0.05) is 38.0 Å². The predicted molar refractivity (Wildman–Crippen MR) is 130 cm³/mol. The molecule has 39 heavy (non-hydrogen) atoms. The van der Waals surface area contributed by atoms with Gasteiger partial charge in [-0.15, -0.1) is 13.2 Å². The summed E-state index contributed by atoms with van der Waals surface area (Å²) in [5.41, 5.74) is 0.914. The minimum atomic E-state index is -4.80. The maximum Gasteiger partial charge on any atom is 0.573 e. The molecule has 2 unspecified atom stereocenters. The van der Waals surface area contributed by atoms with Crippen molar-refractivity contribution < 1.29 is 31.6 Å². The number of nitrogens with zero attached hydrogens (tertiary/aromatic N) is 5. The number of alkyl halides is 3. The van der Waals surface area contributed by atoms with Gasteiger partial charge < -0.3 is 19.1 Å². The zero-order valence-corrected chi connectivity index (χ0v) is 20.8. The second-order valence-corrected chi connectivity index (χ2v) is 9.76. The smallest absolute Gasteiger partial charge is 0.406 e. The van der Waals surface area contributed by atoms with Crippen molar-refractivity contribution in [3.05, 3.63) is 65.8 Å². The Kier molecular flexibility index (Phi) is 7.41. The van der Waals surface area contributed by atoms with E-state index >= 15 is 0 Å². The van der Waals surface area contributed by atoms with Crippen molar-refractivity contribution in [1.82, 2.24) is 19.9 Å². The summed E-state index contributed by atoms with van der Waals surface area (Å²) in [4.78, 5) is 21.3. The highest BCUT2D eigenvalue weighted by Gasteiger charge is 2.37. The number of piperidine rings is 2. The van der Waals surface area contributed by atoms with E-state index < -0.39 is 12.2 Å². The number of likely N-dealkylation sites (tertiary alicyclic amines) is 2. The zero-order chi connectivity index (χ0) is 27.6. The lowest BCUT2D eigenvalue weighted by molar-refractivity contribution is -0.274. The van der Waals surface area contributed by atoms with E-state index in [9.17, 15) is 27.6 Å². The minimum Gasteiger partial charge on any atom is -0.406 e. The first-order valence-corrected chi connectivity index (χ1v) is 12.6. The quantitative estimate of drug-likeness (QED) is 0.392. The molecule has 0 aliphatic carbocycles. The lowest BCUT2D eigenvalue weighted by Crippen LogP contribution is -2.51. The third-order valence-electron chi connectivity index (χ3n) is 7.16. The van der Waals surface area contributed by atoms with Gasteiger partial charge >= 0.3 is 12.4 Å². The van der Waals surface area contributed by atoms with Crippen molar-refractivity contribution in [3.63, 3.8) is 0 Å². The number of hydrogen-bond acceptors (Lipinski definition) is 6. The highest BCUT2D eigenvalue weighted by Crippen LogP contribution is 2.37. The van der Waals surface area contributed by atoms with Crippen LogP contribution in [0.4, 0.5) is 22.4 Å². The number of hydrogen-bond donors (Lipinski definition) is 0. The molecule has 2 aliphatic rings. The van der Waals surface area contributed by atoms with Gasteiger partial charge in [-0.2, -0.15) is 10.2 Å². The maximum absolute atomic E-state index is 14.3. The van der Waals surface area contributed by atoms with E-state index in [1.54, 1.807) is 40.1 Å². The topological polar surface area (TPSA) is 95.5 Å². The van der Waals surface area contributed by atoms with Crippen molar-refractivity contribution in [3.8, 4) is 23.2 Å². The van der Waals surface area contributed by atoms with Gasteiger partial charge in [-0.25, -0.2) is 9.18 Å². The highest BCUT2D eigenvalue weighted by molar-refractivity contribution is 5.75. The number of urea groups is 1. The standard InChI is InChI=1S/C27H25F4N5O3/c28-23-4-2-1-3-22(23)24-33-25(39-34-24)20-13-19(18-5-7-21(8-6-18)38-27(29,30)31)15-36(16-20)26(37)35-11-9-17(14-32)10-12-35/h1-8,17,19-20H,9-13,15-16H2. The van der Waals surface area contributed by atoms with Crippen molar-refractivity contribution in [1.29, 1.82) is 5.26 Å². The molecule has 3 aromatic rings. The zero-order valence-electron chi connectivity index (χ0n) is 20.8. The molecule has 2 aromatic carbocycles. The van der Waals surface area contributed by atoms with Gasteiger partial charge in [0.15, 0.2) is 0 Å². The lowest BCUT2D eigenvalue weighted by Gasteiger charge is -2.40. The molecule has 2 atom stereocenters. The van der Waals surface area contributed by atoms with Crippen molar-refractivity contribution in [2.75, 3.05) is 26.2 Å². The van der Waals surface area contributed by atoms with Crippen molar-refractivity contribution in [2.45, 2.75) is 37.5 Å². The number of ether oxygens (including phenoxy) is 1. The van der Waals surface area contributed by atoms with Crippen molar-refractivity contribution in [2.24, 2.45) is 5.92 Å². The Morgan fingerprint density at radius 2 is 1.72 bits per heavy atom. The normalized spacial score (nSPS) is 20.5. The summed E-state index contributed by atoms with van der Waals surface area (Å²) in [5, 5.41) is 13.1. The molecule has 2 amide bonds. The van der Waals surface area contributed by atoms with Crippen LogP contribution in [0.25, 0.3) is 11.4 Å². The summed E-state index contributed by atoms with van der Waals surface area (Å²) in [6.45, 7) is 1.54. The molecule has 0 N–H and O–H groups in total. The van der Waals surface area contributed by atoms with Gasteiger partial charge in [-0.05, 0) is 49.1 Å².